The summed E-state index contributed by atoms with van der Waals surface area (Å²) < 4.78 is 10.6. The van der Waals surface area contributed by atoms with E-state index in [1.165, 1.54) is 0 Å². The lowest BCUT2D eigenvalue weighted by Crippen LogP contribution is -2.30. The summed E-state index contributed by atoms with van der Waals surface area (Å²) in [4.78, 5) is 11.9. The summed E-state index contributed by atoms with van der Waals surface area (Å²) in [7, 11) is 1.59. The van der Waals surface area contributed by atoms with Gasteiger partial charge in [0.1, 0.15) is 11.3 Å². The molecule has 0 spiro atoms. The number of fused-ring (bicyclic) bond motifs is 1. The third-order valence-electron chi connectivity index (χ3n) is 3.57. The Balaban J connectivity index is 1.53. The molecule has 1 aromatic heterocycles. The number of benzene rings is 2. The molecule has 0 saturated carbocycles. The number of furan rings is 1. The van der Waals surface area contributed by atoms with Crippen molar-refractivity contribution in [1.29, 1.82) is 0 Å². The SMILES string of the molecule is COc1cccc(NC(=O)NCCc2coc3ccccc23)c1. The van der Waals surface area contributed by atoms with Gasteiger partial charge in [0.25, 0.3) is 0 Å². The minimum atomic E-state index is -0.244. The maximum atomic E-state index is 11.9. The predicted octanol–water partition coefficient (Wildman–Crippen LogP) is 3.81. The lowest BCUT2D eigenvalue weighted by molar-refractivity contribution is 0.252. The fraction of sp³-hybridized carbons (Fsp3) is 0.167. The van der Waals surface area contributed by atoms with Crippen LogP contribution in [0.5, 0.6) is 5.75 Å². The maximum Gasteiger partial charge on any atom is 0.319 e. The van der Waals surface area contributed by atoms with Crippen molar-refractivity contribution in [3.05, 3.63) is 60.4 Å². The van der Waals surface area contributed by atoms with Crippen molar-refractivity contribution in [3.8, 4) is 5.75 Å². The van der Waals surface area contributed by atoms with E-state index in [1.807, 2.05) is 42.5 Å². The Hall–Kier alpha value is -2.95. The largest absolute Gasteiger partial charge is 0.497 e. The van der Waals surface area contributed by atoms with Gasteiger partial charge < -0.3 is 19.8 Å². The van der Waals surface area contributed by atoms with Gasteiger partial charge in [0.15, 0.2) is 0 Å². The highest BCUT2D eigenvalue weighted by atomic mass is 16.5. The average Bonchev–Trinajstić information content (AvgIpc) is 2.98. The third kappa shape index (κ3) is 3.63. The Morgan fingerprint density at radius 1 is 1.17 bits per heavy atom. The van der Waals surface area contributed by atoms with Crippen LogP contribution in [0.4, 0.5) is 10.5 Å². The second kappa shape index (κ2) is 6.87. The number of ether oxygens (including phenoxy) is 1. The topological polar surface area (TPSA) is 63.5 Å². The second-order valence-electron chi connectivity index (χ2n) is 5.12. The normalized spacial score (nSPS) is 10.5. The van der Waals surface area contributed by atoms with E-state index in [9.17, 15) is 4.79 Å². The molecule has 1 heterocycles. The molecule has 0 radical (unpaired) electrons. The van der Waals surface area contributed by atoms with Crippen LogP contribution in [0, 0.1) is 0 Å². The van der Waals surface area contributed by atoms with Crippen LogP contribution in [0.25, 0.3) is 11.0 Å². The minimum absolute atomic E-state index is 0.244. The number of hydrogen-bond donors (Lipinski definition) is 2. The number of hydrogen-bond acceptors (Lipinski definition) is 3. The van der Waals surface area contributed by atoms with Crippen molar-refractivity contribution in [3.63, 3.8) is 0 Å². The molecule has 0 unspecified atom stereocenters. The van der Waals surface area contributed by atoms with Crippen molar-refractivity contribution >= 4 is 22.7 Å². The highest BCUT2D eigenvalue weighted by Crippen LogP contribution is 2.20. The summed E-state index contributed by atoms with van der Waals surface area (Å²) in [6.45, 7) is 0.527. The van der Waals surface area contributed by atoms with E-state index in [0.29, 0.717) is 24.4 Å². The van der Waals surface area contributed by atoms with E-state index in [1.54, 1.807) is 19.4 Å². The molecular formula is C18H18N2O3. The summed E-state index contributed by atoms with van der Waals surface area (Å²) in [6, 6.07) is 14.9. The van der Waals surface area contributed by atoms with Crippen LogP contribution < -0.4 is 15.4 Å². The number of carbonyl (C=O) groups excluding carboxylic acids is 1. The van der Waals surface area contributed by atoms with E-state index in [-0.39, 0.29) is 6.03 Å². The zero-order valence-corrected chi connectivity index (χ0v) is 12.8. The summed E-state index contributed by atoms with van der Waals surface area (Å²) in [6.07, 6.45) is 2.45. The number of carbonyl (C=O) groups is 1. The molecular weight excluding hydrogens is 292 g/mol. The molecule has 0 saturated heterocycles. The second-order valence-corrected chi connectivity index (χ2v) is 5.12. The molecule has 0 aliphatic rings. The molecule has 0 bridgehead atoms. The number of rotatable bonds is 5. The first-order valence-corrected chi connectivity index (χ1v) is 7.40. The molecule has 0 atom stereocenters. The van der Waals surface area contributed by atoms with Gasteiger partial charge in [-0.05, 0) is 30.2 Å². The van der Waals surface area contributed by atoms with E-state index < -0.39 is 0 Å². The van der Waals surface area contributed by atoms with E-state index in [4.69, 9.17) is 9.15 Å². The van der Waals surface area contributed by atoms with Crippen molar-refractivity contribution in [2.75, 3.05) is 19.0 Å². The Bertz CT molecular complexity index is 811. The maximum absolute atomic E-state index is 11.9. The minimum Gasteiger partial charge on any atom is -0.497 e. The molecule has 3 rings (SSSR count). The molecule has 5 heteroatoms. The van der Waals surface area contributed by atoms with E-state index in [2.05, 4.69) is 10.6 Å². The number of nitrogens with one attached hydrogen (secondary N) is 2. The van der Waals surface area contributed by atoms with Gasteiger partial charge >= 0.3 is 6.03 Å². The first-order chi connectivity index (χ1) is 11.3. The highest BCUT2D eigenvalue weighted by molar-refractivity contribution is 5.89. The summed E-state index contributed by atoms with van der Waals surface area (Å²) in [5.41, 5.74) is 2.64. The monoisotopic (exact) mass is 310 g/mol. The first-order valence-electron chi connectivity index (χ1n) is 7.40. The van der Waals surface area contributed by atoms with Crippen LogP contribution in [0.15, 0.2) is 59.2 Å². The standard InChI is InChI=1S/C18H18N2O3/c1-22-15-6-4-5-14(11-15)20-18(21)19-10-9-13-12-23-17-8-3-2-7-16(13)17/h2-8,11-12H,9-10H2,1H3,(H2,19,20,21). The van der Waals surface area contributed by atoms with Gasteiger partial charge in [0, 0.05) is 23.7 Å². The average molecular weight is 310 g/mol. The molecule has 0 fully saturated rings. The van der Waals surface area contributed by atoms with Crippen LogP contribution in [0.3, 0.4) is 0 Å². The van der Waals surface area contributed by atoms with Crippen molar-refractivity contribution in [1.82, 2.24) is 5.32 Å². The molecule has 2 amide bonds. The van der Waals surface area contributed by atoms with E-state index in [0.717, 1.165) is 16.5 Å². The smallest absolute Gasteiger partial charge is 0.319 e. The van der Waals surface area contributed by atoms with Crippen molar-refractivity contribution in [2.45, 2.75) is 6.42 Å². The van der Waals surface area contributed by atoms with Gasteiger partial charge in [0.05, 0.1) is 13.4 Å². The third-order valence-corrected chi connectivity index (χ3v) is 3.57. The Labute approximate surface area is 134 Å². The van der Waals surface area contributed by atoms with Gasteiger partial charge in [0.2, 0.25) is 0 Å². The van der Waals surface area contributed by atoms with Crippen LogP contribution in [0.1, 0.15) is 5.56 Å². The summed E-state index contributed by atoms with van der Waals surface area (Å²) >= 11 is 0. The van der Waals surface area contributed by atoms with Gasteiger partial charge in [-0.1, -0.05) is 24.3 Å². The van der Waals surface area contributed by atoms with Crippen LogP contribution in [0.2, 0.25) is 0 Å². The highest BCUT2D eigenvalue weighted by Gasteiger charge is 2.06. The van der Waals surface area contributed by atoms with Crippen molar-refractivity contribution < 1.29 is 13.9 Å². The lowest BCUT2D eigenvalue weighted by Gasteiger charge is -2.08. The zero-order valence-electron chi connectivity index (χ0n) is 12.8. The molecule has 23 heavy (non-hydrogen) atoms. The van der Waals surface area contributed by atoms with Gasteiger partial charge in [-0.2, -0.15) is 0 Å². The molecule has 118 valence electrons. The Kier molecular flexibility index (Phi) is 4.47. The van der Waals surface area contributed by atoms with Gasteiger partial charge in [-0.3, -0.25) is 0 Å². The summed E-state index contributed by atoms with van der Waals surface area (Å²) in [5, 5.41) is 6.71. The molecule has 0 aliphatic carbocycles. The van der Waals surface area contributed by atoms with Crippen molar-refractivity contribution in [2.24, 2.45) is 0 Å². The van der Waals surface area contributed by atoms with Crippen LogP contribution in [-0.2, 0) is 6.42 Å². The Morgan fingerprint density at radius 3 is 2.91 bits per heavy atom. The lowest BCUT2D eigenvalue weighted by atomic mass is 10.1. The predicted molar refractivity (Wildman–Crippen MR) is 89.9 cm³/mol. The molecule has 3 aromatic rings. The summed E-state index contributed by atoms with van der Waals surface area (Å²) in [5.74, 6) is 0.702. The van der Waals surface area contributed by atoms with Gasteiger partial charge in [-0.15, -0.1) is 0 Å². The molecule has 2 aromatic carbocycles. The first kappa shape index (κ1) is 15.0. The molecule has 5 nitrogen and oxygen atoms in total. The fourth-order valence-electron chi connectivity index (χ4n) is 2.41. The number of methoxy groups -OCH3 is 1. The molecule has 2 N–H and O–H groups in total. The fourth-order valence-corrected chi connectivity index (χ4v) is 2.41. The van der Waals surface area contributed by atoms with Crippen LogP contribution in [-0.4, -0.2) is 19.7 Å². The van der Waals surface area contributed by atoms with E-state index >= 15 is 0 Å². The number of urea groups is 1. The number of para-hydroxylation sites is 1. The number of anilines is 1. The molecule has 0 aliphatic heterocycles. The quantitative estimate of drug-likeness (QED) is 0.753. The van der Waals surface area contributed by atoms with Gasteiger partial charge in [-0.25, -0.2) is 4.79 Å². The zero-order chi connectivity index (χ0) is 16.1. The number of amides is 2. The van der Waals surface area contributed by atoms with Crippen LogP contribution >= 0.6 is 0 Å². The Morgan fingerprint density at radius 2 is 2.04 bits per heavy atom.